The van der Waals surface area contributed by atoms with E-state index in [9.17, 15) is 0 Å². The van der Waals surface area contributed by atoms with Crippen LogP contribution in [0.2, 0.25) is 0 Å². The van der Waals surface area contributed by atoms with Crippen LogP contribution >= 0.6 is 0 Å². The van der Waals surface area contributed by atoms with Gasteiger partial charge >= 0.3 is 0 Å². The molecule has 0 amide bonds. The second-order valence-electron chi connectivity index (χ2n) is 9.61. The van der Waals surface area contributed by atoms with Crippen LogP contribution in [0.3, 0.4) is 0 Å². The minimum absolute atomic E-state index is 0.653. The molecule has 0 heteroatoms. The fraction of sp³-hybridized carbons (Fsp3) is 0.500. The van der Waals surface area contributed by atoms with Gasteiger partial charge in [-0.15, -0.1) is 0 Å². The van der Waals surface area contributed by atoms with Gasteiger partial charge in [0.2, 0.25) is 0 Å². The lowest BCUT2D eigenvalue weighted by Crippen LogP contribution is -2.03. The summed E-state index contributed by atoms with van der Waals surface area (Å²) in [4.78, 5) is 0. The fourth-order valence-electron chi connectivity index (χ4n) is 5.10. The van der Waals surface area contributed by atoms with Gasteiger partial charge in [-0.3, -0.25) is 0 Å². The van der Waals surface area contributed by atoms with E-state index in [0.717, 1.165) is 0 Å². The minimum Gasteiger partial charge on any atom is -0.0654 e. The molecular formula is C32H44. The molecule has 0 radical (unpaired) electrons. The lowest BCUT2D eigenvalue weighted by Gasteiger charge is -2.20. The Kier molecular flexibility index (Phi) is 11.4. The summed E-state index contributed by atoms with van der Waals surface area (Å²) in [5.74, 6) is 0.653. The Morgan fingerprint density at radius 3 is 1.84 bits per heavy atom. The Labute approximate surface area is 197 Å². The molecule has 0 heterocycles. The zero-order valence-corrected chi connectivity index (χ0v) is 20.4. The quantitative estimate of drug-likeness (QED) is 0.199. The second-order valence-corrected chi connectivity index (χ2v) is 9.61. The van der Waals surface area contributed by atoms with E-state index in [1.807, 2.05) is 0 Å². The highest BCUT2D eigenvalue weighted by atomic mass is 14.2. The van der Waals surface area contributed by atoms with Crippen LogP contribution in [0, 0.1) is 0 Å². The van der Waals surface area contributed by atoms with Gasteiger partial charge in [0.25, 0.3) is 0 Å². The van der Waals surface area contributed by atoms with Crippen molar-refractivity contribution in [3.63, 3.8) is 0 Å². The van der Waals surface area contributed by atoms with E-state index in [1.165, 1.54) is 106 Å². The van der Waals surface area contributed by atoms with E-state index in [4.69, 9.17) is 0 Å². The van der Waals surface area contributed by atoms with Gasteiger partial charge in [0.15, 0.2) is 0 Å². The highest BCUT2D eigenvalue weighted by Crippen LogP contribution is 2.33. The molecule has 0 nitrogen and oxygen atoms in total. The molecule has 1 unspecified atom stereocenters. The summed E-state index contributed by atoms with van der Waals surface area (Å²) in [7, 11) is 0. The third-order valence-electron chi connectivity index (χ3n) is 7.04. The standard InChI is InChI=1S/C32H44/c1-2-3-4-5-6-7-8-9-10-11-15-21-30(27-26-28-19-13-12-14-20-28)32-25-18-23-29-22-16-17-24-31(29)32/h12-14,16-20,22-25,30H,2-11,15,21,26-27H2,1H3. The molecule has 172 valence electrons. The smallest absolute Gasteiger partial charge is 0.0149 e. The van der Waals surface area contributed by atoms with Crippen molar-refractivity contribution in [2.45, 2.75) is 103 Å². The number of fused-ring (bicyclic) bond motifs is 1. The van der Waals surface area contributed by atoms with Crippen molar-refractivity contribution in [3.05, 3.63) is 83.9 Å². The average Bonchev–Trinajstić information content (AvgIpc) is 2.85. The molecule has 0 N–H and O–H groups in total. The molecule has 3 aromatic carbocycles. The van der Waals surface area contributed by atoms with Gasteiger partial charge in [-0.2, -0.15) is 0 Å². The topological polar surface area (TPSA) is 0 Å². The molecule has 0 aromatic heterocycles. The van der Waals surface area contributed by atoms with Crippen molar-refractivity contribution in [3.8, 4) is 0 Å². The zero-order valence-electron chi connectivity index (χ0n) is 20.4. The van der Waals surface area contributed by atoms with Crippen molar-refractivity contribution in [1.29, 1.82) is 0 Å². The van der Waals surface area contributed by atoms with Crippen LogP contribution in [0.25, 0.3) is 10.8 Å². The lowest BCUT2D eigenvalue weighted by atomic mass is 9.85. The van der Waals surface area contributed by atoms with Crippen LogP contribution in [0.4, 0.5) is 0 Å². The molecular weight excluding hydrogens is 384 g/mol. The Morgan fingerprint density at radius 1 is 0.531 bits per heavy atom. The molecule has 0 saturated heterocycles. The zero-order chi connectivity index (χ0) is 22.3. The molecule has 3 rings (SSSR count). The van der Waals surface area contributed by atoms with Crippen LogP contribution in [-0.4, -0.2) is 0 Å². The summed E-state index contributed by atoms with van der Waals surface area (Å²) < 4.78 is 0. The monoisotopic (exact) mass is 428 g/mol. The summed E-state index contributed by atoms with van der Waals surface area (Å²) in [6, 6.07) is 26.9. The van der Waals surface area contributed by atoms with Crippen LogP contribution in [0.5, 0.6) is 0 Å². The van der Waals surface area contributed by atoms with Gasteiger partial charge in [-0.1, -0.05) is 150 Å². The van der Waals surface area contributed by atoms with Crippen LogP contribution in [0.15, 0.2) is 72.8 Å². The van der Waals surface area contributed by atoms with Crippen LogP contribution in [0.1, 0.15) is 107 Å². The van der Waals surface area contributed by atoms with E-state index in [2.05, 4.69) is 79.7 Å². The number of rotatable bonds is 16. The number of hydrogen-bond acceptors (Lipinski definition) is 0. The van der Waals surface area contributed by atoms with Gasteiger partial charge in [0, 0.05) is 0 Å². The molecule has 1 atom stereocenters. The number of unbranched alkanes of at least 4 members (excludes halogenated alkanes) is 10. The van der Waals surface area contributed by atoms with E-state index < -0.39 is 0 Å². The van der Waals surface area contributed by atoms with Crippen LogP contribution in [-0.2, 0) is 6.42 Å². The predicted octanol–water partition coefficient (Wildman–Crippen LogP) is 10.3. The third kappa shape index (κ3) is 8.45. The van der Waals surface area contributed by atoms with E-state index in [0.29, 0.717) is 5.92 Å². The van der Waals surface area contributed by atoms with Crippen LogP contribution < -0.4 is 0 Å². The highest BCUT2D eigenvalue weighted by molar-refractivity contribution is 5.86. The Balaban J connectivity index is 1.47. The molecule has 0 fully saturated rings. The van der Waals surface area contributed by atoms with E-state index in [1.54, 1.807) is 5.56 Å². The van der Waals surface area contributed by atoms with Gasteiger partial charge in [0.05, 0.1) is 0 Å². The largest absolute Gasteiger partial charge is 0.0654 e. The predicted molar refractivity (Wildman–Crippen MR) is 143 cm³/mol. The highest BCUT2D eigenvalue weighted by Gasteiger charge is 2.14. The van der Waals surface area contributed by atoms with Gasteiger partial charge in [0.1, 0.15) is 0 Å². The van der Waals surface area contributed by atoms with Crippen molar-refractivity contribution in [2.24, 2.45) is 0 Å². The molecule has 0 aliphatic rings. The summed E-state index contributed by atoms with van der Waals surface area (Å²) in [6.07, 6.45) is 19.3. The van der Waals surface area contributed by atoms with Gasteiger partial charge in [-0.25, -0.2) is 0 Å². The number of aryl methyl sites for hydroxylation is 1. The molecule has 0 aliphatic heterocycles. The Hall–Kier alpha value is -2.08. The van der Waals surface area contributed by atoms with Crippen molar-refractivity contribution in [1.82, 2.24) is 0 Å². The van der Waals surface area contributed by atoms with E-state index in [-0.39, 0.29) is 0 Å². The molecule has 3 aromatic rings. The molecule has 0 aliphatic carbocycles. The SMILES string of the molecule is CCCCCCCCCCCCCC(CCc1ccccc1)c1cccc2ccccc12. The normalized spacial score (nSPS) is 12.3. The maximum atomic E-state index is 2.39. The minimum atomic E-state index is 0.653. The summed E-state index contributed by atoms with van der Waals surface area (Å²) in [5.41, 5.74) is 3.03. The molecule has 0 saturated carbocycles. The Morgan fingerprint density at radius 2 is 1.12 bits per heavy atom. The van der Waals surface area contributed by atoms with Crippen molar-refractivity contribution >= 4 is 10.8 Å². The van der Waals surface area contributed by atoms with Gasteiger partial charge < -0.3 is 0 Å². The van der Waals surface area contributed by atoms with E-state index >= 15 is 0 Å². The number of hydrogen-bond donors (Lipinski definition) is 0. The first-order valence-electron chi connectivity index (χ1n) is 13.4. The molecule has 0 bridgehead atoms. The second kappa shape index (κ2) is 14.9. The first kappa shape index (κ1) is 24.6. The fourth-order valence-corrected chi connectivity index (χ4v) is 5.10. The first-order valence-corrected chi connectivity index (χ1v) is 13.4. The third-order valence-corrected chi connectivity index (χ3v) is 7.04. The summed E-state index contributed by atoms with van der Waals surface area (Å²) in [5, 5.41) is 2.84. The van der Waals surface area contributed by atoms with Crippen molar-refractivity contribution < 1.29 is 0 Å². The maximum Gasteiger partial charge on any atom is -0.0149 e. The Bertz CT molecular complexity index is 858. The first-order chi connectivity index (χ1) is 15.9. The maximum absolute atomic E-state index is 2.39. The molecule has 32 heavy (non-hydrogen) atoms. The van der Waals surface area contributed by atoms with Gasteiger partial charge in [-0.05, 0) is 47.1 Å². The number of benzene rings is 3. The average molecular weight is 429 g/mol. The van der Waals surface area contributed by atoms with Crippen molar-refractivity contribution in [2.75, 3.05) is 0 Å². The molecule has 0 spiro atoms. The summed E-state index contributed by atoms with van der Waals surface area (Å²) >= 11 is 0. The summed E-state index contributed by atoms with van der Waals surface area (Å²) in [6.45, 7) is 2.30. The lowest BCUT2D eigenvalue weighted by molar-refractivity contribution is 0.508.